The monoisotopic (exact) mass is 657 g/mol. The highest BCUT2D eigenvalue weighted by atomic mass is 16.5. The second-order valence-electron chi connectivity index (χ2n) is 11.3. The van der Waals surface area contributed by atoms with E-state index in [1.165, 1.54) is 7.11 Å². The molecule has 0 aromatic heterocycles. The molecule has 0 saturated carbocycles. The molecule has 0 radical (unpaired) electrons. The third-order valence-corrected chi connectivity index (χ3v) is 7.90. The van der Waals surface area contributed by atoms with Gasteiger partial charge in [-0.3, -0.25) is 24.1 Å². The lowest BCUT2D eigenvalue weighted by Gasteiger charge is -2.32. The van der Waals surface area contributed by atoms with Crippen LogP contribution in [0.25, 0.3) is 11.3 Å². The van der Waals surface area contributed by atoms with Crippen molar-refractivity contribution in [3.63, 3.8) is 0 Å². The molecule has 0 atom stereocenters. The summed E-state index contributed by atoms with van der Waals surface area (Å²) in [5.74, 6) is -2.85. The Hall–Kier alpha value is -5.53. The zero-order valence-corrected chi connectivity index (χ0v) is 27.1. The van der Waals surface area contributed by atoms with E-state index in [9.17, 15) is 24.0 Å². The van der Waals surface area contributed by atoms with Crippen LogP contribution in [0.1, 0.15) is 34.3 Å². The maximum Gasteiger partial charge on any atom is 0.337 e. The van der Waals surface area contributed by atoms with Gasteiger partial charge in [0.05, 0.1) is 49.0 Å². The van der Waals surface area contributed by atoms with Crippen LogP contribution in [-0.4, -0.2) is 104 Å². The number of carbonyl (C=O) groups is 5. The summed E-state index contributed by atoms with van der Waals surface area (Å²) in [5.41, 5.74) is 5.10. The number of carboxylic acid groups (broad SMARTS) is 2. The van der Waals surface area contributed by atoms with E-state index in [0.29, 0.717) is 34.6 Å². The van der Waals surface area contributed by atoms with Crippen molar-refractivity contribution in [2.24, 2.45) is 0 Å². The summed E-state index contributed by atoms with van der Waals surface area (Å²) in [4.78, 5) is 63.6. The van der Waals surface area contributed by atoms with Gasteiger partial charge in [0.1, 0.15) is 0 Å². The van der Waals surface area contributed by atoms with Crippen molar-refractivity contribution in [3.8, 4) is 0 Å². The molecule has 3 aromatic rings. The average Bonchev–Trinajstić information content (AvgIpc) is 3.42. The summed E-state index contributed by atoms with van der Waals surface area (Å²) >= 11 is 0. The van der Waals surface area contributed by atoms with Gasteiger partial charge in [0.25, 0.3) is 5.91 Å². The number of piperazine rings is 1. The van der Waals surface area contributed by atoms with Crippen LogP contribution < -0.4 is 15.5 Å². The summed E-state index contributed by atoms with van der Waals surface area (Å²) in [6.07, 6.45) is -0.593. The average molecular weight is 658 g/mol. The molecule has 1 fully saturated rings. The molecule has 5 rings (SSSR count). The van der Waals surface area contributed by atoms with Crippen LogP contribution in [0.5, 0.6) is 0 Å². The van der Waals surface area contributed by atoms with Crippen molar-refractivity contribution in [2.75, 3.05) is 69.5 Å². The Morgan fingerprint density at radius 2 is 1.50 bits per heavy atom. The number of aliphatic carboxylic acids is 2. The predicted octanol–water partition coefficient (Wildman–Crippen LogP) is 3.55. The molecular formula is C35H39N5O8. The number of rotatable bonds is 10. The van der Waals surface area contributed by atoms with E-state index in [2.05, 4.69) is 27.5 Å². The van der Waals surface area contributed by atoms with E-state index in [-0.39, 0.29) is 24.7 Å². The second-order valence-corrected chi connectivity index (χ2v) is 11.3. The van der Waals surface area contributed by atoms with E-state index in [0.717, 1.165) is 43.1 Å². The van der Waals surface area contributed by atoms with Crippen LogP contribution >= 0.6 is 0 Å². The smallest absolute Gasteiger partial charge is 0.337 e. The minimum atomic E-state index is -1.08. The maximum atomic E-state index is 13.2. The van der Waals surface area contributed by atoms with Gasteiger partial charge in [-0.05, 0) is 49.0 Å². The fourth-order valence-electron chi connectivity index (χ4n) is 5.12. The summed E-state index contributed by atoms with van der Waals surface area (Å²) in [6.45, 7) is 4.09. The van der Waals surface area contributed by atoms with Crippen molar-refractivity contribution in [1.82, 2.24) is 9.80 Å². The van der Waals surface area contributed by atoms with Crippen molar-refractivity contribution < 1.29 is 38.9 Å². The summed E-state index contributed by atoms with van der Waals surface area (Å²) in [5, 5.41) is 22.1. The Kier molecular flexibility index (Phi) is 12.0. The van der Waals surface area contributed by atoms with Gasteiger partial charge in [-0.1, -0.05) is 36.4 Å². The predicted molar refractivity (Wildman–Crippen MR) is 182 cm³/mol. The van der Waals surface area contributed by atoms with Crippen LogP contribution in [0.15, 0.2) is 72.8 Å². The number of amides is 2. The lowest BCUT2D eigenvalue weighted by atomic mass is 9.99. The van der Waals surface area contributed by atoms with Crippen molar-refractivity contribution in [2.45, 2.75) is 12.8 Å². The lowest BCUT2D eigenvalue weighted by Crippen LogP contribution is -2.48. The van der Waals surface area contributed by atoms with Gasteiger partial charge < -0.3 is 35.4 Å². The van der Waals surface area contributed by atoms with E-state index < -0.39 is 17.9 Å². The third kappa shape index (κ3) is 9.27. The number of nitrogens with zero attached hydrogens (tertiary/aromatic N) is 3. The van der Waals surface area contributed by atoms with Crippen LogP contribution in [0.4, 0.5) is 17.1 Å². The third-order valence-electron chi connectivity index (χ3n) is 7.90. The molecule has 0 unspecified atom stereocenters. The molecule has 0 spiro atoms. The lowest BCUT2D eigenvalue weighted by molar-refractivity contribution is -0.143. The number of methoxy groups -OCH3 is 1. The van der Waals surface area contributed by atoms with E-state index in [1.54, 1.807) is 30.1 Å². The zero-order valence-electron chi connectivity index (χ0n) is 27.1. The number of ether oxygens (including phenoxy) is 1. The number of carboxylic acids is 2. The second kappa shape index (κ2) is 16.3. The highest BCUT2D eigenvalue weighted by Gasteiger charge is 2.29. The largest absolute Gasteiger partial charge is 0.481 e. The first-order valence-corrected chi connectivity index (χ1v) is 15.3. The highest BCUT2D eigenvalue weighted by Crippen LogP contribution is 2.38. The molecule has 252 valence electrons. The van der Waals surface area contributed by atoms with Crippen LogP contribution in [0.3, 0.4) is 0 Å². The quantitative estimate of drug-likeness (QED) is 0.186. The molecule has 0 aliphatic carbocycles. The van der Waals surface area contributed by atoms with E-state index in [4.69, 9.17) is 14.9 Å². The summed E-state index contributed by atoms with van der Waals surface area (Å²) < 4.78 is 4.82. The number of nitrogens with one attached hydrogen (secondary N) is 2. The molecule has 0 bridgehead atoms. The van der Waals surface area contributed by atoms with Crippen molar-refractivity contribution in [3.05, 3.63) is 89.5 Å². The van der Waals surface area contributed by atoms with Crippen LogP contribution in [0, 0.1) is 0 Å². The summed E-state index contributed by atoms with van der Waals surface area (Å²) in [7, 11) is 5.21. The number of hydrogen-bond donors (Lipinski definition) is 4. The molecule has 48 heavy (non-hydrogen) atoms. The van der Waals surface area contributed by atoms with Crippen molar-refractivity contribution >= 4 is 58.1 Å². The molecular weight excluding hydrogens is 618 g/mol. The van der Waals surface area contributed by atoms with Gasteiger partial charge in [-0.15, -0.1) is 0 Å². The Balaban J connectivity index is 0.000000579. The minimum Gasteiger partial charge on any atom is -0.481 e. The first kappa shape index (κ1) is 35.3. The maximum absolute atomic E-state index is 13.2. The van der Waals surface area contributed by atoms with Gasteiger partial charge >= 0.3 is 17.9 Å². The Bertz CT molecular complexity index is 1670. The normalized spacial score (nSPS) is 15.3. The van der Waals surface area contributed by atoms with Crippen LogP contribution in [0.2, 0.25) is 0 Å². The van der Waals surface area contributed by atoms with Crippen LogP contribution in [-0.2, 0) is 23.9 Å². The SMILES string of the molecule is COC(=O)c1ccc2c(c1)NC(=O)/C2=C(\Nc1ccc(N(C)C(=O)CN2CCN(C)CC2)cc1)c1ccccc1.O=C(O)CCC(=O)O. The topological polar surface area (TPSA) is 169 Å². The van der Waals surface area contributed by atoms with Gasteiger partial charge in [0.2, 0.25) is 5.91 Å². The fraction of sp³-hybridized carbons (Fsp3) is 0.286. The number of anilines is 3. The molecule has 3 aromatic carbocycles. The molecule has 4 N–H and O–H groups in total. The Labute approximate surface area is 278 Å². The molecule has 2 aliphatic rings. The number of likely N-dealkylation sites (N-methyl/N-ethyl adjacent to an activating group) is 2. The molecule has 2 amide bonds. The molecule has 1 saturated heterocycles. The Morgan fingerprint density at radius 3 is 2.08 bits per heavy atom. The number of carbonyl (C=O) groups excluding carboxylic acids is 3. The first-order chi connectivity index (χ1) is 23.0. The van der Waals surface area contributed by atoms with Gasteiger partial charge in [-0.2, -0.15) is 0 Å². The first-order valence-electron chi connectivity index (χ1n) is 15.3. The fourth-order valence-corrected chi connectivity index (χ4v) is 5.12. The molecule has 2 heterocycles. The number of esters is 1. The highest BCUT2D eigenvalue weighted by molar-refractivity contribution is 6.37. The molecule has 13 nitrogen and oxygen atoms in total. The molecule has 2 aliphatic heterocycles. The standard InChI is InChI=1S/C31H33N5O4.C4H6O4/c1-34-15-17-36(18-16-34)20-27(37)35(2)24-12-10-23(11-13-24)32-29(21-7-5-4-6-8-21)28-25-14-9-22(31(39)40-3)19-26(25)33-30(28)38;5-3(6)1-2-4(7)8/h4-14,19,32H,15-18,20H2,1-3H3,(H,33,38);1-2H2,(H,5,6)(H,7,8)/b29-28-;. The number of hydrogen-bond acceptors (Lipinski definition) is 9. The zero-order chi connectivity index (χ0) is 34.8. The molecule has 13 heteroatoms. The van der Waals surface area contributed by atoms with E-state index >= 15 is 0 Å². The van der Waals surface area contributed by atoms with Gasteiger partial charge in [0, 0.05) is 50.2 Å². The van der Waals surface area contributed by atoms with Crippen molar-refractivity contribution in [1.29, 1.82) is 0 Å². The number of fused-ring (bicyclic) bond motifs is 1. The van der Waals surface area contributed by atoms with E-state index in [1.807, 2.05) is 54.6 Å². The minimum absolute atomic E-state index is 0.0444. The summed E-state index contributed by atoms with van der Waals surface area (Å²) in [6, 6.07) is 22.2. The number of benzene rings is 3. The van der Waals surface area contributed by atoms with Gasteiger partial charge in [-0.25, -0.2) is 4.79 Å². The Morgan fingerprint density at radius 1 is 0.875 bits per heavy atom. The van der Waals surface area contributed by atoms with Gasteiger partial charge in [0.15, 0.2) is 0 Å².